The molecule has 0 spiro atoms. The fourth-order valence-corrected chi connectivity index (χ4v) is 2.40. The summed E-state index contributed by atoms with van der Waals surface area (Å²) in [5, 5.41) is 0. The van der Waals surface area contributed by atoms with Crippen molar-refractivity contribution in [2.45, 2.75) is 45.6 Å². The second kappa shape index (κ2) is 8.03. The van der Waals surface area contributed by atoms with Crippen LogP contribution in [-0.2, 0) is 14.3 Å². The molecule has 2 rings (SSSR count). The number of benzene rings is 1. The molecule has 0 amide bonds. The van der Waals surface area contributed by atoms with Gasteiger partial charge < -0.3 is 14.2 Å². The SMILES string of the molecule is Cc1ccc(OCCC(=O)OCC2CCCCO2)c(C)c1. The molecule has 4 heteroatoms. The van der Waals surface area contributed by atoms with Gasteiger partial charge in [0, 0.05) is 6.61 Å². The summed E-state index contributed by atoms with van der Waals surface area (Å²) in [6, 6.07) is 6.00. The summed E-state index contributed by atoms with van der Waals surface area (Å²) < 4.78 is 16.4. The minimum atomic E-state index is -0.228. The summed E-state index contributed by atoms with van der Waals surface area (Å²) >= 11 is 0. The molecular formula is C17H24O4. The fraction of sp³-hybridized carbons (Fsp3) is 0.588. The molecule has 4 nitrogen and oxygen atoms in total. The molecule has 116 valence electrons. The van der Waals surface area contributed by atoms with E-state index in [9.17, 15) is 4.79 Å². The molecule has 1 aromatic rings. The van der Waals surface area contributed by atoms with Gasteiger partial charge in [-0.2, -0.15) is 0 Å². The lowest BCUT2D eigenvalue weighted by molar-refractivity contribution is -0.149. The first-order valence-electron chi connectivity index (χ1n) is 7.62. The molecule has 1 aliphatic heterocycles. The Labute approximate surface area is 126 Å². The first-order chi connectivity index (χ1) is 10.1. The van der Waals surface area contributed by atoms with Gasteiger partial charge in [-0.15, -0.1) is 0 Å². The zero-order chi connectivity index (χ0) is 15.1. The first-order valence-corrected chi connectivity index (χ1v) is 7.62. The Kier molecular flexibility index (Phi) is 6.05. The molecule has 1 heterocycles. The van der Waals surface area contributed by atoms with Gasteiger partial charge in [0.2, 0.25) is 0 Å². The third-order valence-corrected chi connectivity index (χ3v) is 3.60. The van der Waals surface area contributed by atoms with Crippen LogP contribution in [0.15, 0.2) is 18.2 Å². The van der Waals surface area contributed by atoms with Crippen molar-refractivity contribution in [2.24, 2.45) is 0 Å². The zero-order valence-electron chi connectivity index (χ0n) is 12.9. The van der Waals surface area contributed by atoms with Crippen molar-refractivity contribution in [3.05, 3.63) is 29.3 Å². The number of aryl methyl sites for hydroxylation is 2. The van der Waals surface area contributed by atoms with E-state index in [1.165, 1.54) is 5.56 Å². The number of ether oxygens (including phenoxy) is 3. The third kappa shape index (κ3) is 5.38. The summed E-state index contributed by atoms with van der Waals surface area (Å²) in [5.74, 6) is 0.595. The van der Waals surface area contributed by atoms with Gasteiger partial charge in [0.15, 0.2) is 0 Å². The lowest BCUT2D eigenvalue weighted by atomic mass is 10.1. The van der Waals surface area contributed by atoms with Gasteiger partial charge in [0.1, 0.15) is 12.4 Å². The zero-order valence-corrected chi connectivity index (χ0v) is 12.9. The second-order valence-electron chi connectivity index (χ2n) is 5.54. The summed E-state index contributed by atoms with van der Waals surface area (Å²) in [5.41, 5.74) is 2.28. The Hall–Kier alpha value is -1.55. The Morgan fingerprint density at radius 3 is 2.90 bits per heavy atom. The molecule has 1 aliphatic rings. The summed E-state index contributed by atoms with van der Waals surface area (Å²) in [7, 11) is 0. The Morgan fingerprint density at radius 2 is 2.19 bits per heavy atom. The van der Waals surface area contributed by atoms with E-state index in [1.54, 1.807) is 0 Å². The lowest BCUT2D eigenvalue weighted by Crippen LogP contribution is -2.26. The molecule has 1 aromatic carbocycles. The Balaban J connectivity index is 1.64. The van der Waals surface area contributed by atoms with Crippen LogP contribution in [-0.4, -0.2) is 31.9 Å². The average molecular weight is 292 g/mol. The summed E-state index contributed by atoms with van der Waals surface area (Å²) in [6.07, 6.45) is 3.57. The number of carbonyl (C=O) groups is 1. The Bertz CT molecular complexity index is 464. The molecular weight excluding hydrogens is 268 g/mol. The van der Waals surface area contributed by atoms with Crippen molar-refractivity contribution in [3.8, 4) is 5.75 Å². The Morgan fingerprint density at radius 1 is 1.33 bits per heavy atom. The molecule has 0 N–H and O–H groups in total. The molecule has 1 fully saturated rings. The molecule has 0 radical (unpaired) electrons. The summed E-state index contributed by atoms with van der Waals surface area (Å²) in [6.45, 7) is 5.53. The number of hydrogen-bond donors (Lipinski definition) is 0. The van der Waals surface area contributed by atoms with Crippen molar-refractivity contribution >= 4 is 5.97 Å². The third-order valence-electron chi connectivity index (χ3n) is 3.60. The maximum Gasteiger partial charge on any atom is 0.309 e. The van der Waals surface area contributed by atoms with Crippen LogP contribution in [0.2, 0.25) is 0 Å². The number of rotatable bonds is 6. The van der Waals surface area contributed by atoms with Crippen LogP contribution in [0.5, 0.6) is 5.75 Å². The van der Waals surface area contributed by atoms with E-state index in [-0.39, 0.29) is 18.5 Å². The van der Waals surface area contributed by atoms with E-state index < -0.39 is 0 Å². The van der Waals surface area contributed by atoms with Gasteiger partial charge in [-0.25, -0.2) is 0 Å². The molecule has 21 heavy (non-hydrogen) atoms. The molecule has 0 aromatic heterocycles. The van der Waals surface area contributed by atoms with Crippen molar-refractivity contribution in [3.63, 3.8) is 0 Å². The van der Waals surface area contributed by atoms with Gasteiger partial charge in [-0.05, 0) is 44.7 Å². The number of carbonyl (C=O) groups excluding carboxylic acids is 1. The minimum Gasteiger partial charge on any atom is -0.493 e. The second-order valence-corrected chi connectivity index (χ2v) is 5.54. The van der Waals surface area contributed by atoms with E-state index in [0.29, 0.717) is 13.2 Å². The standard InChI is InChI=1S/C17H24O4/c1-13-6-7-16(14(2)11-13)20-10-8-17(18)21-12-15-5-3-4-9-19-15/h6-7,11,15H,3-5,8-10,12H2,1-2H3. The predicted molar refractivity (Wildman–Crippen MR) is 80.6 cm³/mol. The monoisotopic (exact) mass is 292 g/mol. The molecule has 0 saturated carbocycles. The predicted octanol–water partition coefficient (Wildman–Crippen LogP) is 3.18. The topological polar surface area (TPSA) is 44.8 Å². The van der Waals surface area contributed by atoms with Crippen LogP contribution in [0, 0.1) is 13.8 Å². The largest absolute Gasteiger partial charge is 0.493 e. The van der Waals surface area contributed by atoms with E-state index in [1.807, 2.05) is 26.0 Å². The molecule has 0 aliphatic carbocycles. The molecule has 1 unspecified atom stereocenters. The van der Waals surface area contributed by atoms with Gasteiger partial charge in [-0.3, -0.25) is 4.79 Å². The van der Waals surface area contributed by atoms with Crippen molar-refractivity contribution in [1.82, 2.24) is 0 Å². The highest BCUT2D eigenvalue weighted by Gasteiger charge is 2.16. The number of hydrogen-bond acceptors (Lipinski definition) is 4. The van der Waals surface area contributed by atoms with E-state index >= 15 is 0 Å². The van der Waals surface area contributed by atoms with Gasteiger partial charge >= 0.3 is 5.97 Å². The molecule has 1 atom stereocenters. The molecule has 0 bridgehead atoms. The maximum absolute atomic E-state index is 11.7. The van der Waals surface area contributed by atoms with Crippen LogP contribution in [0.1, 0.15) is 36.8 Å². The van der Waals surface area contributed by atoms with Crippen molar-refractivity contribution in [1.29, 1.82) is 0 Å². The van der Waals surface area contributed by atoms with Crippen LogP contribution < -0.4 is 4.74 Å². The molecule has 1 saturated heterocycles. The van der Waals surface area contributed by atoms with Crippen LogP contribution in [0.4, 0.5) is 0 Å². The highest BCUT2D eigenvalue weighted by molar-refractivity contribution is 5.69. The lowest BCUT2D eigenvalue weighted by Gasteiger charge is -2.22. The highest BCUT2D eigenvalue weighted by Crippen LogP contribution is 2.19. The first kappa shape index (κ1) is 15.8. The smallest absolute Gasteiger partial charge is 0.309 e. The van der Waals surface area contributed by atoms with Crippen molar-refractivity contribution in [2.75, 3.05) is 19.8 Å². The summed E-state index contributed by atoms with van der Waals surface area (Å²) in [4.78, 5) is 11.7. The van der Waals surface area contributed by atoms with Gasteiger partial charge in [0.05, 0.1) is 19.1 Å². The fourth-order valence-electron chi connectivity index (χ4n) is 2.40. The normalized spacial score (nSPS) is 18.3. The van der Waals surface area contributed by atoms with E-state index in [0.717, 1.165) is 37.2 Å². The maximum atomic E-state index is 11.7. The van der Waals surface area contributed by atoms with Crippen LogP contribution in [0.25, 0.3) is 0 Å². The van der Waals surface area contributed by atoms with Crippen LogP contribution >= 0.6 is 0 Å². The quantitative estimate of drug-likeness (QED) is 0.755. The van der Waals surface area contributed by atoms with Gasteiger partial charge in [-0.1, -0.05) is 17.7 Å². The average Bonchev–Trinajstić information content (AvgIpc) is 2.48. The van der Waals surface area contributed by atoms with Crippen molar-refractivity contribution < 1.29 is 19.0 Å². The van der Waals surface area contributed by atoms with Gasteiger partial charge in [0.25, 0.3) is 0 Å². The number of esters is 1. The van der Waals surface area contributed by atoms with E-state index in [2.05, 4.69) is 6.07 Å². The highest BCUT2D eigenvalue weighted by atomic mass is 16.6. The van der Waals surface area contributed by atoms with Crippen LogP contribution in [0.3, 0.4) is 0 Å². The van der Waals surface area contributed by atoms with E-state index in [4.69, 9.17) is 14.2 Å². The minimum absolute atomic E-state index is 0.0722.